The Hall–Kier alpha value is -1.92. The van der Waals surface area contributed by atoms with Crippen LogP contribution in [0, 0.1) is 5.41 Å². The van der Waals surface area contributed by atoms with Crippen LogP contribution in [0.25, 0.3) is 0 Å². The molecule has 0 radical (unpaired) electrons. The van der Waals surface area contributed by atoms with Crippen molar-refractivity contribution in [2.24, 2.45) is 5.41 Å². The fourth-order valence-corrected chi connectivity index (χ4v) is 2.72. The van der Waals surface area contributed by atoms with Gasteiger partial charge in [-0.3, -0.25) is 14.9 Å². The van der Waals surface area contributed by atoms with Gasteiger partial charge in [-0.1, -0.05) is 19.9 Å². The van der Waals surface area contributed by atoms with Crippen LogP contribution in [0.3, 0.4) is 0 Å². The van der Waals surface area contributed by atoms with Crippen LogP contribution in [0.4, 0.5) is 0 Å². The fourth-order valence-electron chi connectivity index (χ4n) is 2.72. The number of benzene rings is 1. The molecule has 0 bridgehead atoms. The van der Waals surface area contributed by atoms with E-state index in [4.69, 9.17) is 14.2 Å². The fraction of sp³-hybridized carbons (Fsp3) is 0.529. The minimum atomic E-state index is -0.671. The van der Waals surface area contributed by atoms with Crippen LogP contribution in [0.15, 0.2) is 18.2 Å². The predicted molar refractivity (Wildman–Crippen MR) is 82.4 cm³/mol. The average Bonchev–Trinajstić information content (AvgIpc) is 2.76. The maximum atomic E-state index is 11.9. The lowest BCUT2D eigenvalue weighted by atomic mass is 9.86. The lowest BCUT2D eigenvalue weighted by Crippen LogP contribution is -2.52. The number of ether oxygens (including phenoxy) is 3. The number of rotatable bonds is 3. The monoisotopic (exact) mass is 319 g/mol. The van der Waals surface area contributed by atoms with Crippen LogP contribution in [-0.4, -0.2) is 36.9 Å². The molecule has 1 saturated heterocycles. The third-order valence-electron chi connectivity index (χ3n) is 4.20. The van der Waals surface area contributed by atoms with Crippen molar-refractivity contribution in [3.8, 4) is 5.75 Å². The number of carbonyl (C=O) groups is 2. The first-order valence-corrected chi connectivity index (χ1v) is 7.63. The van der Waals surface area contributed by atoms with E-state index >= 15 is 0 Å². The summed E-state index contributed by atoms with van der Waals surface area (Å²) in [6.45, 7) is 8.64. The van der Waals surface area contributed by atoms with Gasteiger partial charge in [-0.05, 0) is 26.0 Å². The summed E-state index contributed by atoms with van der Waals surface area (Å²) >= 11 is 0. The summed E-state index contributed by atoms with van der Waals surface area (Å²) < 4.78 is 17.5. The van der Waals surface area contributed by atoms with E-state index in [0.717, 1.165) is 0 Å². The molecule has 0 saturated carbocycles. The van der Waals surface area contributed by atoms with Crippen LogP contribution >= 0.6 is 0 Å². The molecule has 1 aromatic rings. The van der Waals surface area contributed by atoms with Gasteiger partial charge in [-0.2, -0.15) is 0 Å². The Bertz CT molecular complexity index is 665. The van der Waals surface area contributed by atoms with Crippen molar-refractivity contribution >= 4 is 11.8 Å². The second-order valence-electron chi connectivity index (χ2n) is 7.06. The van der Waals surface area contributed by atoms with Crippen molar-refractivity contribution in [1.29, 1.82) is 0 Å². The number of hydrogen-bond acceptors (Lipinski definition) is 5. The van der Waals surface area contributed by atoms with E-state index < -0.39 is 11.7 Å². The highest BCUT2D eigenvalue weighted by atomic mass is 16.7. The Balaban J connectivity index is 1.79. The summed E-state index contributed by atoms with van der Waals surface area (Å²) in [4.78, 5) is 23.6. The molecule has 124 valence electrons. The molecule has 1 fully saturated rings. The van der Waals surface area contributed by atoms with Crippen molar-refractivity contribution < 1.29 is 23.8 Å². The summed E-state index contributed by atoms with van der Waals surface area (Å²) in [5.74, 6) is -1.09. The van der Waals surface area contributed by atoms with Crippen LogP contribution < -0.4 is 10.1 Å². The zero-order valence-corrected chi connectivity index (χ0v) is 13.8. The molecule has 0 spiro atoms. The summed E-state index contributed by atoms with van der Waals surface area (Å²) in [6, 6.07) is 5.00. The smallest absolute Gasteiger partial charge is 0.262 e. The summed E-state index contributed by atoms with van der Waals surface area (Å²) in [5, 5.41) is 2.28. The molecule has 0 aromatic heterocycles. The molecule has 1 aromatic carbocycles. The SMILES string of the molecule is CC1(C)OCC(C)(C)C(COc2cccc3c2C(=O)NC3=O)O1. The number of nitrogens with one attached hydrogen (secondary N) is 1. The van der Waals surface area contributed by atoms with Gasteiger partial charge in [0.1, 0.15) is 18.5 Å². The van der Waals surface area contributed by atoms with Crippen LogP contribution in [-0.2, 0) is 9.47 Å². The zero-order chi connectivity index (χ0) is 16.8. The van der Waals surface area contributed by atoms with Gasteiger partial charge >= 0.3 is 0 Å². The maximum Gasteiger partial charge on any atom is 0.262 e. The van der Waals surface area contributed by atoms with Gasteiger partial charge in [0.2, 0.25) is 0 Å². The van der Waals surface area contributed by atoms with E-state index in [2.05, 4.69) is 5.32 Å². The van der Waals surface area contributed by atoms with E-state index in [-0.39, 0.29) is 24.0 Å². The first-order valence-electron chi connectivity index (χ1n) is 7.63. The van der Waals surface area contributed by atoms with Gasteiger partial charge in [-0.15, -0.1) is 0 Å². The van der Waals surface area contributed by atoms with E-state index in [9.17, 15) is 9.59 Å². The molecule has 1 atom stereocenters. The summed E-state index contributed by atoms with van der Waals surface area (Å²) in [5.41, 5.74) is 0.424. The van der Waals surface area contributed by atoms with Gasteiger partial charge in [0.25, 0.3) is 11.8 Å². The molecule has 6 heteroatoms. The average molecular weight is 319 g/mol. The zero-order valence-electron chi connectivity index (χ0n) is 13.8. The van der Waals surface area contributed by atoms with E-state index in [1.807, 2.05) is 27.7 Å². The number of carbonyl (C=O) groups excluding carboxylic acids is 2. The molecule has 2 aliphatic heterocycles. The third kappa shape index (κ3) is 2.96. The summed E-state index contributed by atoms with van der Waals surface area (Å²) in [7, 11) is 0. The van der Waals surface area contributed by atoms with Crippen LogP contribution in [0.5, 0.6) is 5.75 Å². The molecule has 1 N–H and O–H groups in total. The van der Waals surface area contributed by atoms with Gasteiger partial charge in [0, 0.05) is 5.41 Å². The molecule has 2 aliphatic rings. The van der Waals surface area contributed by atoms with Crippen molar-refractivity contribution in [1.82, 2.24) is 5.32 Å². The Kier molecular flexibility index (Phi) is 3.69. The van der Waals surface area contributed by atoms with Crippen LogP contribution in [0.2, 0.25) is 0 Å². The van der Waals surface area contributed by atoms with Crippen molar-refractivity contribution in [2.45, 2.75) is 39.6 Å². The Morgan fingerprint density at radius 2 is 1.96 bits per heavy atom. The first kappa shape index (κ1) is 16.0. The predicted octanol–water partition coefficient (Wildman–Crippen LogP) is 2.13. The van der Waals surface area contributed by atoms with Gasteiger partial charge < -0.3 is 14.2 Å². The highest BCUT2D eigenvalue weighted by Gasteiger charge is 2.42. The van der Waals surface area contributed by atoms with E-state index in [1.165, 1.54) is 0 Å². The number of imide groups is 1. The molecule has 23 heavy (non-hydrogen) atoms. The normalized spacial score (nSPS) is 25.0. The number of amides is 2. The lowest BCUT2D eigenvalue weighted by molar-refractivity contribution is -0.315. The molecule has 6 nitrogen and oxygen atoms in total. The topological polar surface area (TPSA) is 73.9 Å². The number of hydrogen-bond donors (Lipinski definition) is 1. The molecule has 3 rings (SSSR count). The maximum absolute atomic E-state index is 11.9. The Labute approximate surface area is 135 Å². The highest BCUT2D eigenvalue weighted by Crippen LogP contribution is 2.35. The molecule has 0 aliphatic carbocycles. The second-order valence-corrected chi connectivity index (χ2v) is 7.06. The highest BCUT2D eigenvalue weighted by molar-refractivity contribution is 6.22. The molecule has 1 unspecified atom stereocenters. The van der Waals surface area contributed by atoms with Crippen molar-refractivity contribution in [2.75, 3.05) is 13.2 Å². The molecule has 2 heterocycles. The quantitative estimate of drug-likeness (QED) is 0.864. The van der Waals surface area contributed by atoms with Crippen molar-refractivity contribution in [3.05, 3.63) is 29.3 Å². The second kappa shape index (κ2) is 5.32. The van der Waals surface area contributed by atoms with Gasteiger partial charge in [-0.25, -0.2) is 0 Å². The Morgan fingerprint density at radius 1 is 1.22 bits per heavy atom. The largest absolute Gasteiger partial charge is 0.490 e. The van der Waals surface area contributed by atoms with E-state index in [0.29, 0.717) is 23.5 Å². The minimum Gasteiger partial charge on any atom is -0.490 e. The molecular weight excluding hydrogens is 298 g/mol. The van der Waals surface area contributed by atoms with Crippen molar-refractivity contribution in [3.63, 3.8) is 0 Å². The minimum absolute atomic E-state index is 0.192. The molecular formula is C17H21NO5. The van der Waals surface area contributed by atoms with E-state index in [1.54, 1.807) is 18.2 Å². The van der Waals surface area contributed by atoms with Gasteiger partial charge in [0.15, 0.2) is 5.79 Å². The summed E-state index contributed by atoms with van der Waals surface area (Å²) in [6.07, 6.45) is -0.192. The van der Waals surface area contributed by atoms with Gasteiger partial charge in [0.05, 0.1) is 17.7 Å². The Morgan fingerprint density at radius 3 is 2.70 bits per heavy atom. The van der Waals surface area contributed by atoms with Crippen LogP contribution in [0.1, 0.15) is 48.4 Å². The standard InChI is InChI=1S/C17H21NO5/c1-16(2)9-22-17(3,4)23-12(16)8-21-11-7-5-6-10-13(11)15(20)18-14(10)19/h5-7,12H,8-9H2,1-4H3,(H,18,19,20). The molecule has 2 amide bonds. The first-order chi connectivity index (χ1) is 10.7. The third-order valence-corrected chi connectivity index (χ3v) is 4.20. The lowest BCUT2D eigenvalue weighted by Gasteiger charge is -2.45. The number of fused-ring (bicyclic) bond motifs is 1.